The third-order valence-electron chi connectivity index (χ3n) is 6.57. The smallest absolute Gasteiger partial charge is 0.0974 e. The topological polar surface area (TPSA) is 24.7 Å². The fourth-order valence-electron chi connectivity index (χ4n) is 4.69. The van der Waals surface area contributed by atoms with Crippen LogP contribution in [0.4, 0.5) is 5.69 Å². The summed E-state index contributed by atoms with van der Waals surface area (Å²) in [7, 11) is 0. The van der Waals surface area contributed by atoms with Crippen LogP contribution in [-0.4, -0.2) is 23.7 Å². The van der Waals surface area contributed by atoms with E-state index < -0.39 is 0 Å². The Labute approximate surface area is 213 Å². The fourth-order valence-corrected chi connectivity index (χ4v) is 5.43. The zero-order chi connectivity index (χ0) is 24.6. The van der Waals surface area contributed by atoms with E-state index in [4.69, 9.17) is 9.98 Å². The third kappa shape index (κ3) is 4.83. The normalized spacial score (nSPS) is 15.5. The summed E-state index contributed by atoms with van der Waals surface area (Å²) in [4.78, 5) is 11.6. The van der Waals surface area contributed by atoms with E-state index in [9.17, 15) is 0 Å². The Kier molecular flexibility index (Phi) is 6.37. The maximum Gasteiger partial charge on any atom is 0.0974 e. The maximum atomic E-state index is 5.17. The predicted octanol–water partition coefficient (Wildman–Crippen LogP) is 8.47. The van der Waals surface area contributed by atoms with E-state index in [0.717, 1.165) is 29.4 Å². The van der Waals surface area contributed by atoms with Crippen LogP contribution < -0.4 is 0 Å². The molecular weight excluding hydrogens is 444 g/mol. The Morgan fingerprint density at radius 1 is 0.771 bits per heavy atom. The Balaban J connectivity index is 1.44. The zero-order valence-corrected chi connectivity index (χ0v) is 22.0. The molecule has 0 N–H and O–H groups in total. The van der Waals surface area contributed by atoms with Gasteiger partial charge in [0, 0.05) is 33.7 Å². The average molecular weight is 477 g/mol. The van der Waals surface area contributed by atoms with Crippen molar-refractivity contribution in [1.82, 2.24) is 0 Å². The van der Waals surface area contributed by atoms with Gasteiger partial charge < -0.3 is 0 Å². The molecule has 0 aliphatic heterocycles. The highest BCUT2D eigenvalue weighted by atomic mass is 32.2. The van der Waals surface area contributed by atoms with Gasteiger partial charge in [0.25, 0.3) is 0 Å². The lowest BCUT2D eigenvalue weighted by molar-refractivity contribution is 0.590. The van der Waals surface area contributed by atoms with Gasteiger partial charge in [0.15, 0.2) is 0 Å². The van der Waals surface area contributed by atoms with E-state index >= 15 is 0 Å². The van der Waals surface area contributed by atoms with E-state index in [1.54, 1.807) is 0 Å². The van der Waals surface area contributed by atoms with Crippen LogP contribution in [-0.2, 0) is 5.41 Å². The molecule has 0 bridgehead atoms. The molecule has 5 rings (SSSR count). The molecule has 35 heavy (non-hydrogen) atoms. The summed E-state index contributed by atoms with van der Waals surface area (Å²) in [6, 6.07) is 28.4. The van der Waals surface area contributed by atoms with Crippen LogP contribution in [0.1, 0.15) is 48.6 Å². The second-order valence-electron chi connectivity index (χ2n) is 10.3. The lowest BCUT2D eigenvalue weighted by Gasteiger charge is -2.19. The van der Waals surface area contributed by atoms with E-state index in [1.165, 1.54) is 43.5 Å². The van der Waals surface area contributed by atoms with Gasteiger partial charge in [-0.15, -0.1) is 11.8 Å². The van der Waals surface area contributed by atoms with E-state index in [0.29, 0.717) is 0 Å². The molecule has 0 saturated heterocycles. The first kappa shape index (κ1) is 23.6. The van der Waals surface area contributed by atoms with Crippen molar-refractivity contribution in [3.63, 3.8) is 0 Å². The number of hydrogen-bond acceptors (Lipinski definition) is 3. The largest absolute Gasteiger partial charge is 0.282 e. The molecule has 0 amide bonds. The number of hydrogen-bond donors (Lipinski definition) is 0. The molecule has 0 atom stereocenters. The molecule has 0 spiro atoms. The van der Waals surface area contributed by atoms with Crippen LogP contribution in [0.3, 0.4) is 0 Å². The van der Waals surface area contributed by atoms with Gasteiger partial charge in [0.2, 0.25) is 0 Å². The van der Waals surface area contributed by atoms with Gasteiger partial charge in [0.05, 0.1) is 17.1 Å². The highest BCUT2D eigenvalue weighted by Gasteiger charge is 2.27. The van der Waals surface area contributed by atoms with Gasteiger partial charge in [-0.25, -0.2) is 4.99 Å². The van der Waals surface area contributed by atoms with E-state index in [-0.39, 0.29) is 5.41 Å². The summed E-state index contributed by atoms with van der Waals surface area (Å²) in [5.41, 5.74) is 9.38. The quantitative estimate of drug-likeness (QED) is 0.209. The Morgan fingerprint density at radius 2 is 1.46 bits per heavy atom. The van der Waals surface area contributed by atoms with Crippen LogP contribution in [0.2, 0.25) is 0 Å². The summed E-state index contributed by atoms with van der Waals surface area (Å²) in [6.07, 6.45) is 0. The molecule has 3 heteroatoms. The Hall–Kier alpha value is -3.17. The molecule has 0 heterocycles. The predicted molar refractivity (Wildman–Crippen MR) is 153 cm³/mol. The summed E-state index contributed by atoms with van der Waals surface area (Å²) in [5.74, 6) is 0.932. The molecular formula is C32H32N2S. The lowest BCUT2D eigenvalue weighted by Crippen LogP contribution is -2.12. The van der Waals surface area contributed by atoms with Crippen molar-refractivity contribution in [1.29, 1.82) is 0 Å². The number of rotatable bonds is 5. The van der Waals surface area contributed by atoms with E-state index in [2.05, 4.69) is 113 Å². The Bertz CT molecular complexity index is 1450. The highest BCUT2D eigenvalue weighted by molar-refractivity contribution is 7.99. The molecule has 4 aromatic rings. The molecule has 4 aromatic carbocycles. The van der Waals surface area contributed by atoms with Gasteiger partial charge >= 0.3 is 0 Å². The third-order valence-corrected chi connectivity index (χ3v) is 7.57. The van der Waals surface area contributed by atoms with Crippen molar-refractivity contribution in [2.45, 2.75) is 44.9 Å². The van der Waals surface area contributed by atoms with Crippen molar-refractivity contribution >= 4 is 39.6 Å². The molecule has 176 valence electrons. The number of thioether (sulfide) groups is 1. The summed E-state index contributed by atoms with van der Waals surface area (Å²) in [6.45, 7) is 11.8. The van der Waals surface area contributed by atoms with Gasteiger partial charge in [-0.3, -0.25) is 4.99 Å². The van der Waals surface area contributed by atoms with E-state index in [1.807, 2.05) is 11.8 Å². The minimum atomic E-state index is 0.180. The first-order valence-electron chi connectivity index (χ1n) is 12.3. The van der Waals surface area contributed by atoms with Crippen molar-refractivity contribution in [3.8, 4) is 0 Å². The first-order chi connectivity index (χ1) is 16.8. The number of benzene rings is 4. The SMILES string of the molecule is Cc1ccc(/N=C2/C(=N/CCSc3ccc(C(C)(C)C)cc3)c3cccc4cccc2c34)c(C)c1. The average Bonchev–Trinajstić information content (AvgIpc) is 3.13. The molecule has 1 aliphatic carbocycles. The second-order valence-corrected chi connectivity index (χ2v) is 11.5. The van der Waals surface area contributed by atoms with Gasteiger partial charge in [-0.05, 0) is 54.0 Å². The molecule has 0 saturated carbocycles. The first-order valence-corrected chi connectivity index (χ1v) is 13.3. The number of aliphatic imine (C=N–C) groups is 2. The molecule has 0 radical (unpaired) electrons. The van der Waals surface area contributed by atoms with Crippen LogP contribution >= 0.6 is 11.8 Å². The summed E-state index contributed by atoms with van der Waals surface area (Å²) >= 11 is 1.86. The molecule has 1 aliphatic rings. The summed E-state index contributed by atoms with van der Waals surface area (Å²) in [5, 5.41) is 2.51. The molecule has 0 fully saturated rings. The maximum absolute atomic E-state index is 5.17. The van der Waals surface area contributed by atoms with Crippen LogP contribution in [0.5, 0.6) is 0 Å². The highest BCUT2D eigenvalue weighted by Crippen LogP contribution is 2.34. The van der Waals surface area contributed by atoms with Crippen LogP contribution in [0, 0.1) is 13.8 Å². The van der Waals surface area contributed by atoms with Crippen molar-refractivity contribution in [2.24, 2.45) is 9.98 Å². The van der Waals surface area contributed by atoms with Crippen molar-refractivity contribution in [3.05, 3.63) is 107 Å². The van der Waals surface area contributed by atoms with Crippen molar-refractivity contribution < 1.29 is 0 Å². The molecule has 0 aromatic heterocycles. The molecule has 0 unspecified atom stereocenters. The summed E-state index contributed by atoms with van der Waals surface area (Å²) < 4.78 is 0. The number of aryl methyl sites for hydroxylation is 2. The van der Waals surface area contributed by atoms with Gasteiger partial charge in [-0.1, -0.05) is 87.0 Å². The Morgan fingerprint density at radius 3 is 2.11 bits per heavy atom. The molecule has 2 nitrogen and oxygen atoms in total. The van der Waals surface area contributed by atoms with Crippen LogP contribution in [0.25, 0.3) is 10.8 Å². The lowest BCUT2D eigenvalue weighted by atomic mass is 9.87. The van der Waals surface area contributed by atoms with Gasteiger partial charge in [0.1, 0.15) is 0 Å². The standard InChI is InChI=1S/C32H32N2S/c1-21-12-17-28(22(2)20-21)34-31-27-11-7-9-23-8-6-10-26(29(23)27)30(31)33-18-19-35-25-15-13-24(14-16-25)32(3,4)5/h6-17,20H,18-19H2,1-5H3/b33-30+,34-31+. The van der Waals surface area contributed by atoms with Crippen molar-refractivity contribution in [2.75, 3.05) is 12.3 Å². The minimum Gasteiger partial charge on any atom is -0.282 e. The minimum absolute atomic E-state index is 0.180. The monoisotopic (exact) mass is 476 g/mol. The number of nitrogens with zero attached hydrogens (tertiary/aromatic N) is 2. The van der Waals surface area contributed by atoms with Crippen LogP contribution in [0.15, 0.2) is 93.7 Å². The van der Waals surface area contributed by atoms with Gasteiger partial charge in [-0.2, -0.15) is 0 Å². The fraction of sp³-hybridized carbons (Fsp3) is 0.250. The second kappa shape index (κ2) is 9.47. The zero-order valence-electron chi connectivity index (χ0n) is 21.2.